The Morgan fingerprint density at radius 3 is 1.71 bits per heavy atom. The standard InChI is InChI=1S/C18H35F2N/c1-4-6-8-10-12-17(3,13-11-9-7-5-2)14-21-15-18(19,20)16-21/h4-16H2,1-3H3. The Morgan fingerprint density at radius 1 is 0.857 bits per heavy atom. The molecule has 0 atom stereocenters. The van der Waals surface area contributed by atoms with E-state index in [0.29, 0.717) is 0 Å². The van der Waals surface area contributed by atoms with E-state index < -0.39 is 5.92 Å². The Balaban J connectivity index is 2.36. The monoisotopic (exact) mass is 303 g/mol. The summed E-state index contributed by atoms with van der Waals surface area (Å²) in [6, 6.07) is 0. The van der Waals surface area contributed by atoms with Crippen LogP contribution in [0.2, 0.25) is 0 Å². The van der Waals surface area contributed by atoms with Gasteiger partial charge in [-0.3, -0.25) is 4.90 Å². The smallest absolute Gasteiger partial charge is 0.272 e. The zero-order chi connectivity index (χ0) is 15.8. The number of hydrogen-bond donors (Lipinski definition) is 0. The van der Waals surface area contributed by atoms with E-state index in [0.717, 1.165) is 6.54 Å². The highest BCUT2D eigenvalue weighted by atomic mass is 19.3. The number of halogens is 2. The number of likely N-dealkylation sites (tertiary alicyclic amines) is 1. The van der Waals surface area contributed by atoms with Gasteiger partial charge in [-0.15, -0.1) is 0 Å². The molecule has 1 heterocycles. The van der Waals surface area contributed by atoms with Crippen LogP contribution in [0.3, 0.4) is 0 Å². The molecule has 0 radical (unpaired) electrons. The third kappa shape index (κ3) is 7.58. The minimum atomic E-state index is -2.43. The molecule has 0 unspecified atom stereocenters. The molecule has 1 nitrogen and oxygen atoms in total. The van der Waals surface area contributed by atoms with E-state index >= 15 is 0 Å². The number of alkyl halides is 2. The summed E-state index contributed by atoms with van der Waals surface area (Å²) in [4.78, 5) is 1.96. The molecule has 1 saturated heterocycles. The Bertz CT molecular complexity index is 258. The van der Waals surface area contributed by atoms with Crippen LogP contribution >= 0.6 is 0 Å². The van der Waals surface area contributed by atoms with Gasteiger partial charge in [0.15, 0.2) is 0 Å². The number of hydrogen-bond acceptors (Lipinski definition) is 1. The van der Waals surface area contributed by atoms with Crippen molar-refractivity contribution in [1.29, 1.82) is 0 Å². The summed E-state index contributed by atoms with van der Waals surface area (Å²) >= 11 is 0. The lowest BCUT2D eigenvalue weighted by molar-refractivity contribution is -0.141. The maximum absolute atomic E-state index is 13.0. The van der Waals surface area contributed by atoms with Crippen LogP contribution in [-0.2, 0) is 0 Å². The van der Waals surface area contributed by atoms with Crippen molar-refractivity contribution < 1.29 is 8.78 Å². The molecule has 0 bridgehead atoms. The van der Waals surface area contributed by atoms with Crippen molar-refractivity contribution in [2.24, 2.45) is 5.41 Å². The van der Waals surface area contributed by atoms with Gasteiger partial charge in [0.1, 0.15) is 0 Å². The van der Waals surface area contributed by atoms with Gasteiger partial charge < -0.3 is 0 Å². The lowest BCUT2D eigenvalue weighted by Crippen LogP contribution is -2.58. The van der Waals surface area contributed by atoms with Crippen molar-refractivity contribution in [3.8, 4) is 0 Å². The van der Waals surface area contributed by atoms with Gasteiger partial charge in [-0.25, -0.2) is 8.78 Å². The summed E-state index contributed by atoms with van der Waals surface area (Å²) in [7, 11) is 0. The van der Waals surface area contributed by atoms with Crippen molar-refractivity contribution in [3.05, 3.63) is 0 Å². The van der Waals surface area contributed by atoms with Gasteiger partial charge in [0.25, 0.3) is 5.92 Å². The molecule has 126 valence electrons. The Hall–Kier alpha value is -0.180. The molecule has 1 aliphatic rings. The summed E-state index contributed by atoms with van der Waals surface area (Å²) in [5.74, 6) is -2.43. The molecule has 3 heteroatoms. The van der Waals surface area contributed by atoms with E-state index in [1.165, 1.54) is 64.2 Å². The van der Waals surface area contributed by atoms with Gasteiger partial charge in [-0.05, 0) is 18.3 Å². The number of nitrogens with zero attached hydrogens (tertiary/aromatic N) is 1. The second kappa shape index (κ2) is 9.07. The van der Waals surface area contributed by atoms with Gasteiger partial charge >= 0.3 is 0 Å². The highest BCUT2D eigenvalue weighted by Gasteiger charge is 2.45. The van der Waals surface area contributed by atoms with E-state index in [2.05, 4.69) is 20.8 Å². The second-order valence-electron chi connectivity index (χ2n) is 7.43. The highest BCUT2D eigenvalue weighted by Crippen LogP contribution is 2.36. The molecule has 1 fully saturated rings. The van der Waals surface area contributed by atoms with Crippen molar-refractivity contribution in [2.75, 3.05) is 19.6 Å². The minimum Gasteiger partial charge on any atom is -0.291 e. The summed E-state index contributed by atoms with van der Waals surface area (Å²) in [6.45, 7) is 7.60. The average molecular weight is 303 g/mol. The average Bonchev–Trinajstić information content (AvgIpc) is 2.38. The van der Waals surface area contributed by atoms with Gasteiger partial charge in [-0.2, -0.15) is 0 Å². The van der Waals surface area contributed by atoms with Gasteiger partial charge in [0, 0.05) is 6.54 Å². The summed E-state index contributed by atoms with van der Waals surface area (Å²) in [6.07, 6.45) is 12.6. The molecule has 0 spiro atoms. The predicted molar refractivity (Wildman–Crippen MR) is 87.0 cm³/mol. The first-order valence-electron chi connectivity index (χ1n) is 9.01. The van der Waals surface area contributed by atoms with Crippen molar-refractivity contribution >= 4 is 0 Å². The van der Waals surface area contributed by atoms with Crippen LogP contribution in [0.15, 0.2) is 0 Å². The zero-order valence-electron chi connectivity index (χ0n) is 14.4. The molecule has 21 heavy (non-hydrogen) atoms. The fourth-order valence-electron chi connectivity index (χ4n) is 3.50. The summed E-state index contributed by atoms with van der Waals surface area (Å²) in [5.41, 5.74) is 0.234. The van der Waals surface area contributed by atoms with Gasteiger partial charge in [0.2, 0.25) is 0 Å². The molecule has 0 saturated carbocycles. The van der Waals surface area contributed by atoms with Crippen LogP contribution in [-0.4, -0.2) is 30.5 Å². The van der Waals surface area contributed by atoms with Crippen molar-refractivity contribution in [3.63, 3.8) is 0 Å². The maximum atomic E-state index is 13.0. The number of rotatable bonds is 12. The van der Waals surface area contributed by atoms with Gasteiger partial charge in [0.05, 0.1) is 13.1 Å². The predicted octanol–water partition coefficient (Wildman–Crippen LogP) is 5.88. The molecule has 0 aliphatic carbocycles. The molecule has 0 aromatic rings. The quantitative estimate of drug-likeness (QED) is 0.407. The van der Waals surface area contributed by atoms with Crippen LogP contribution in [0.5, 0.6) is 0 Å². The van der Waals surface area contributed by atoms with E-state index in [4.69, 9.17) is 0 Å². The summed E-state index contributed by atoms with van der Waals surface area (Å²) < 4.78 is 26.1. The number of unbranched alkanes of at least 4 members (excludes halogenated alkanes) is 6. The van der Waals surface area contributed by atoms with Crippen molar-refractivity contribution in [1.82, 2.24) is 4.90 Å². The van der Waals surface area contributed by atoms with Crippen molar-refractivity contribution in [2.45, 2.75) is 90.9 Å². The normalized spacial score (nSPS) is 18.7. The fourth-order valence-corrected chi connectivity index (χ4v) is 3.50. The third-order valence-electron chi connectivity index (χ3n) is 4.78. The largest absolute Gasteiger partial charge is 0.291 e. The Kier molecular flexibility index (Phi) is 8.15. The van der Waals surface area contributed by atoms with Crippen LogP contribution < -0.4 is 0 Å². The first kappa shape index (κ1) is 18.9. The first-order valence-corrected chi connectivity index (χ1v) is 9.01. The van der Waals surface area contributed by atoms with E-state index in [9.17, 15) is 8.78 Å². The Labute approximate surface area is 130 Å². The third-order valence-corrected chi connectivity index (χ3v) is 4.78. The molecule has 0 N–H and O–H groups in total. The molecular formula is C18H35F2N. The van der Waals surface area contributed by atoms with E-state index in [1.54, 1.807) is 0 Å². The van der Waals surface area contributed by atoms with Crippen LogP contribution in [0, 0.1) is 5.41 Å². The SMILES string of the molecule is CCCCCCC(C)(CCCCCC)CN1CC(F)(F)C1. The van der Waals surface area contributed by atoms with Gasteiger partial charge in [-0.1, -0.05) is 72.1 Å². The molecule has 0 aromatic carbocycles. The molecular weight excluding hydrogens is 268 g/mol. The zero-order valence-corrected chi connectivity index (χ0v) is 14.4. The minimum absolute atomic E-state index is 0.0213. The van der Waals surface area contributed by atoms with Crippen LogP contribution in [0.25, 0.3) is 0 Å². The van der Waals surface area contributed by atoms with Crippen LogP contribution in [0.4, 0.5) is 8.78 Å². The lowest BCUT2D eigenvalue weighted by atomic mass is 9.78. The maximum Gasteiger partial charge on any atom is 0.272 e. The lowest BCUT2D eigenvalue weighted by Gasteiger charge is -2.44. The summed E-state index contributed by atoms with van der Waals surface area (Å²) in [5, 5.41) is 0. The molecule has 0 amide bonds. The Morgan fingerprint density at radius 2 is 1.33 bits per heavy atom. The van der Waals surface area contributed by atoms with Crippen LogP contribution in [0.1, 0.15) is 85.0 Å². The van der Waals surface area contributed by atoms with E-state index in [-0.39, 0.29) is 18.5 Å². The molecule has 0 aromatic heterocycles. The first-order chi connectivity index (χ1) is 9.91. The topological polar surface area (TPSA) is 3.24 Å². The highest BCUT2D eigenvalue weighted by molar-refractivity contribution is 4.91. The van der Waals surface area contributed by atoms with E-state index in [1.807, 2.05) is 4.90 Å². The fraction of sp³-hybridized carbons (Fsp3) is 1.00. The molecule has 1 rings (SSSR count). The second-order valence-corrected chi connectivity index (χ2v) is 7.43. The molecule has 1 aliphatic heterocycles.